The molecule has 0 radical (unpaired) electrons. The van der Waals surface area contributed by atoms with E-state index in [1.54, 1.807) is 0 Å². The van der Waals surface area contributed by atoms with E-state index in [4.69, 9.17) is 4.52 Å². The first-order valence-corrected chi connectivity index (χ1v) is 10.1. The lowest BCUT2D eigenvalue weighted by Gasteiger charge is -2.31. The molecule has 0 saturated carbocycles. The van der Waals surface area contributed by atoms with Gasteiger partial charge in [0.05, 0.1) is 5.56 Å². The van der Waals surface area contributed by atoms with Crippen LogP contribution in [0.15, 0.2) is 33.7 Å². The molecule has 1 aromatic heterocycles. The number of sulfonamides is 1. The highest BCUT2D eigenvalue weighted by Gasteiger charge is 2.37. The van der Waals surface area contributed by atoms with E-state index < -0.39 is 27.7 Å². The number of ketones is 1. The normalized spacial score (nSPS) is 19.0. The lowest BCUT2D eigenvalue weighted by atomic mass is 9.90. The third-order valence-electron chi connectivity index (χ3n) is 4.82. The predicted molar refractivity (Wildman–Crippen MR) is 93.2 cm³/mol. The van der Waals surface area contributed by atoms with Crippen LogP contribution in [0.4, 0.5) is 13.2 Å². The number of piperidine rings is 1. The summed E-state index contributed by atoms with van der Waals surface area (Å²) in [6.45, 7) is 3.25. The molecule has 1 aromatic carbocycles. The molecule has 10 heteroatoms. The maximum Gasteiger partial charge on any atom is 0.416 e. The first-order valence-electron chi connectivity index (χ1n) is 8.66. The fourth-order valence-electron chi connectivity index (χ4n) is 3.41. The van der Waals surface area contributed by atoms with E-state index >= 15 is 0 Å². The smallest absolute Gasteiger partial charge is 0.360 e. The van der Waals surface area contributed by atoms with Crippen molar-refractivity contribution in [1.29, 1.82) is 0 Å². The highest BCUT2D eigenvalue weighted by molar-refractivity contribution is 7.89. The van der Waals surface area contributed by atoms with E-state index in [2.05, 4.69) is 5.16 Å². The van der Waals surface area contributed by atoms with Crippen LogP contribution in [0.2, 0.25) is 0 Å². The Labute approximate surface area is 160 Å². The summed E-state index contributed by atoms with van der Waals surface area (Å²) in [5.74, 6) is -0.818. The Bertz CT molecular complexity index is 962. The summed E-state index contributed by atoms with van der Waals surface area (Å²) in [6.07, 6.45) is -3.54. The minimum atomic E-state index is -4.48. The zero-order chi connectivity index (χ0) is 20.7. The molecular weight excluding hydrogens is 397 g/mol. The monoisotopic (exact) mass is 416 g/mol. The minimum absolute atomic E-state index is 0.00451. The van der Waals surface area contributed by atoms with Gasteiger partial charge in [-0.1, -0.05) is 17.3 Å². The maximum atomic E-state index is 12.9. The van der Waals surface area contributed by atoms with Crippen LogP contribution < -0.4 is 0 Å². The van der Waals surface area contributed by atoms with E-state index in [1.165, 1.54) is 18.2 Å². The number of halogens is 3. The van der Waals surface area contributed by atoms with Crippen LogP contribution in [0, 0.1) is 19.8 Å². The Morgan fingerprint density at radius 1 is 1.21 bits per heavy atom. The fraction of sp³-hybridized carbons (Fsp3) is 0.444. The number of rotatable bonds is 4. The van der Waals surface area contributed by atoms with E-state index in [0.29, 0.717) is 12.8 Å². The van der Waals surface area contributed by atoms with Crippen molar-refractivity contribution in [3.05, 3.63) is 46.8 Å². The second kappa shape index (κ2) is 7.32. The van der Waals surface area contributed by atoms with Crippen LogP contribution in [0.1, 0.15) is 40.2 Å². The second-order valence-electron chi connectivity index (χ2n) is 6.79. The molecule has 1 aliphatic rings. The highest BCUT2D eigenvalue weighted by atomic mass is 32.2. The molecule has 3 rings (SSSR count). The summed E-state index contributed by atoms with van der Waals surface area (Å²) >= 11 is 0. The lowest BCUT2D eigenvalue weighted by Crippen LogP contribution is -2.42. The van der Waals surface area contributed by atoms with Crippen molar-refractivity contribution in [3.8, 4) is 0 Å². The molecule has 1 saturated heterocycles. The molecule has 152 valence electrons. The first-order chi connectivity index (χ1) is 13.0. The lowest BCUT2D eigenvalue weighted by molar-refractivity contribution is -0.137. The standard InChI is InChI=1S/C18H19F3N2O4S/c1-11-17(12(2)27-22-11)28(25,26)23-9-3-4-14(10-23)16(24)13-5-7-15(8-6-13)18(19,20)21/h5-8,14H,3-4,9-10H2,1-2H3/t14-/m0/s1. The molecule has 0 bridgehead atoms. The van der Waals surface area contributed by atoms with Gasteiger partial charge in [-0.15, -0.1) is 0 Å². The number of aromatic nitrogens is 1. The number of hydrogen-bond acceptors (Lipinski definition) is 5. The Morgan fingerprint density at radius 3 is 2.39 bits per heavy atom. The zero-order valence-electron chi connectivity index (χ0n) is 15.3. The van der Waals surface area contributed by atoms with Gasteiger partial charge in [-0.2, -0.15) is 17.5 Å². The molecule has 0 unspecified atom stereocenters. The molecule has 28 heavy (non-hydrogen) atoms. The number of carbonyl (C=O) groups excluding carboxylic acids is 1. The molecule has 2 heterocycles. The van der Waals surface area contributed by atoms with Gasteiger partial charge in [0.2, 0.25) is 10.0 Å². The number of alkyl halides is 3. The van der Waals surface area contributed by atoms with Gasteiger partial charge in [0, 0.05) is 24.6 Å². The van der Waals surface area contributed by atoms with Crippen molar-refractivity contribution < 1.29 is 30.9 Å². The van der Waals surface area contributed by atoms with Gasteiger partial charge in [0.25, 0.3) is 0 Å². The van der Waals surface area contributed by atoms with Crippen LogP contribution in [0.25, 0.3) is 0 Å². The zero-order valence-corrected chi connectivity index (χ0v) is 16.1. The molecule has 0 spiro atoms. The maximum absolute atomic E-state index is 12.9. The molecule has 1 fully saturated rings. The minimum Gasteiger partial charge on any atom is -0.360 e. The first kappa shape index (κ1) is 20.5. The van der Waals surface area contributed by atoms with Gasteiger partial charge in [0.15, 0.2) is 11.5 Å². The summed E-state index contributed by atoms with van der Waals surface area (Å²) in [4.78, 5) is 12.7. The van der Waals surface area contributed by atoms with Crippen LogP contribution >= 0.6 is 0 Å². The van der Waals surface area contributed by atoms with Gasteiger partial charge >= 0.3 is 6.18 Å². The average Bonchev–Trinajstić information content (AvgIpc) is 2.99. The summed E-state index contributed by atoms with van der Waals surface area (Å²) < 4.78 is 70.1. The third-order valence-corrected chi connectivity index (χ3v) is 6.93. The molecule has 2 aromatic rings. The number of aryl methyl sites for hydroxylation is 2. The van der Waals surface area contributed by atoms with E-state index in [-0.39, 0.29) is 40.8 Å². The van der Waals surface area contributed by atoms with Crippen LogP contribution in [0.5, 0.6) is 0 Å². The Hall–Kier alpha value is -2.20. The average molecular weight is 416 g/mol. The van der Waals surface area contributed by atoms with E-state index in [0.717, 1.165) is 24.3 Å². The number of nitrogens with zero attached hydrogens (tertiary/aromatic N) is 2. The van der Waals surface area contributed by atoms with Crippen molar-refractivity contribution >= 4 is 15.8 Å². The molecule has 1 atom stereocenters. The Kier molecular flexibility index (Phi) is 5.37. The summed E-state index contributed by atoms with van der Waals surface area (Å²) in [5.41, 5.74) is -0.460. The van der Waals surface area contributed by atoms with Gasteiger partial charge < -0.3 is 4.52 Å². The molecule has 1 aliphatic heterocycles. The van der Waals surface area contributed by atoms with E-state index in [1.807, 2.05) is 0 Å². The van der Waals surface area contributed by atoms with Gasteiger partial charge in [0.1, 0.15) is 10.6 Å². The Morgan fingerprint density at radius 2 is 1.86 bits per heavy atom. The fourth-order valence-corrected chi connectivity index (χ4v) is 5.22. The SMILES string of the molecule is Cc1noc(C)c1S(=O)(=O)N1CCC[C@H](C(=O)c2ccc(C(F)(F)F)cc2)C1. The largest absolute Gasteiger partial charge is 0.416 e. The number of benzene rings is 1. The van der Waals surface area contributed by atoms with Gasteiger partial charge in [-0.3, -0.25) is 4.79 Å². The number of Topliss-reactive ketones (excluding diaryl/α,β-unsaturated/α-hetero) is 1. The Balaban J connectivity index is 1.80. The molecule has 0 amide bonds. The number of hydrogen-bond donors (Lipinski definition) is 0. The summed E-state index contributed by atoms with van der Waals surface area (Å²) in [6, 6.07) is 3.97. The summed E-state index contributed by atoms with van der Waals surface area (Å²) in [7, 11) is -3.88. The quantitative estimate of drug-likeness (QED) is 0.712. The topological polar surface area (TPSA) is 80.5 Å². The van der Waals surface area contributed by atoms with Crippen molar-refractivity contribution in [1.82, 2.24) is 9.46 Å². The van der Waals surface area contributed by atoms with Crippen LogP contribution in [-0.2, 0) is 16.2 Å². The van der Waals surface area contributed by atoms with Crippen molar-refractivity contribution in [2.75, 3.05) is 13.1 Å². The van der Waals surface area contributed by atoms with Gasteiger partial charge in [-0.25, -0.2) is 8.42 Å². The molecule has 0 N–H and O–H groups in total. The van der Waals surface area contributed by atoms with Crippen LogP contribution in [0.3, 0.4) is 0 Å². The highest BCUT2D eigenvalue weighted by Crippen LogP contribution is 2.31. The third kappa shape index (κ3) is 3.83. The molecular formula is C18H19F3N2O4S. The second-order valence-corrected chi connectivity index (χ2v) is 8.67. The van der Waals surface area contributed by atoms with Crippen molar-refractivity contribution in [2.24, 2.45) is 5.92 Å². The molecule has 0 aliphatic carbocycles. The predicted octanol–water partition coefficient (Wildman–Crippen LogP) is 3.59. The van der Waals surface area contributed by atoms with Crippen LogP contribution in [-0.4, -0.2) is 36.8 Å². The van der Waals surface area contributed by atoms with Crippen molar-refractivity contribution in [2.45, 2.75) is 37.8 Å². The van der Waals surface area contributed by atoms with Gasteiger partial charge in [-0.05, 0) is 38.8 Å². The van der Waals surface area contributed by atoms with E-state index in [9.17, 15) is 26.4 Å². The number of carbonyl (C=O) groups is 1. The summed E-state index contributed by atoms with van der Waals surface area (Å²) in [5, 5.41) is 3.67. The molecule has 6 nitrogen and oxygen atoms in total. The van der Waals surface area contributed by atoms with Crippen molar-refractivity contribution in [3.63, 3.8) is 0 Å².